The molecule has 3 aliphatic rings. The number of nitrogens with zero attached hydrogens (tertiary/aromatic N) is 1. The van der Waals surface area contributed by atoms with E-state index in [0.29, 0.717) is 12.2 Å². The molecular weight excluding hydrogens is 372 g/mol. The second-order valence-electron chi connectivity index (χ2n) is 9.64. The van der Waals surface area contributed by atoms with Gasteiger partial charge in [0.15, 0.2) is 8.32 Å². The summed E-state index contributed by atoms with van der Waals surface area (Å²) >= 11 is 0. The van der Waals surface area contributed by atoms with Crippen LogP contribution in [-0.4, -0.2) is 56.9 Å². The average molecular weight is 407 g/mol. The summed E-state index contributed by atoms with van der Waals surface area (Å²) in [7, 11) is -1.99. The van der Waals surface area contributed by atoms with E-state index in [2.05, 4.69) is 45.8 Å². The molecule has 7 heteroatoms. The second kappa shape index (κ2) is 7.43. The van der Waals surface area contributed by atoms with Crippen LogP contribution in [0.2, 0.25) is 18.1 Å². The number of amides is 1. The number of β-lactam (4-membered cyclic amide) rings is 1. The van der Waals surface area contributed by atoms with E-state index in [4.69, 9.17) is 9.16 Å². The molecule has 2 saturated heterocycles. The number of ether oxygens (including phenoxy) is 1. The number of piperidine rings is 1. The van der Waals surface area contributed by atoms with Crippen molar-refractivity contribution in [1.29, 1.82) is 0 Å². The van der Waals surface area contributed by atoms with Crippen molar-refractivity contribution in [2.45, 2.75) is 64.4 Å². The summed E-state index contributed by atoms with van der Waals surface area (Å²) in [5.74, 6) is -0.419. The van der Waals surface area contributed by atoms with Crippen LogP contribution in [0, 0.1) is 11.8 Å². The average Bonchev–Trinajstić information content (AvgIpc) is 2.89. The molecule has 6 nitrogen and oxygen atoms in total. The Morgan fingerprint density at radius 2 is 2.11 bits per heavy atom. The van der Waals surface area contributed by atoms with Crippen LogP contribution in [-0.2, 0) is 18.8 Å². The first kappa shape index (κ1) is 21.3. The molecule has 0 radical (unpaired) electrons. The first-order valence-electron chi connectivity index (χ1n) is 10.2. The lowest BCUT2D eigenvalue weighted by Crippen LogP contribution is -2.65. The van der Waals surface area contributed by atoms with E-state index in [1.807, 2.05) is 6.92 Å². The normalized spacial score (nSPS) is 28.4. The molecule has 1 amide bonds. The number of fused-ring (bicyclic) bond motifs is 3. The van der Waals surface area contributed by atoms with Gasteiger partial charge in [-0.25, -0.2) is 4.79 Å². The summed E-state index contributed by atoms with van der Waals surface area (Å²) in [4.78, 5) is 27.5. The quantitative estimate of drug-likeness (QED) is 0.318. The van der Waals surface area contributed by atoms with Gasteiger partial charge >= 0.3 is 5.97 Å². The highest BCUT2D eigenvalue weighted by atomic mass is 28.4. The van der Waals surface area contributed by atoms with Gasteiger partial charge in [0, 0.05) is 12.5 Å². The lowest BCUT2D eigenvalue weighted by atomic mass is 9.75. The highest BCUT2D eigenvalue weighted by Crippen LogP contribution is 2.50. The Morgan fingerprint density at radius 1 is 1.43 bits per heavy atom. The lowest BCUT2D eigenvalue weighted by molar-refractivity contribution is -0.163. The molecule has 156 valence electrons. The smallest absolute Gasteiger partial charge is 0.355 e. The Balaban J connectivity index is 1.83. The van der Waals surface area contributed by atoms with Crippen molar-refractivity contribution in [3.63, 3.8) is 0 Å². The van der Waals surface area contributed by atoms with Crippen molar-refractivity contribution in [3.8, 4) is 0 Å². The lowest BCUT2D eigenvalue weighted by Gasteiger charge is -2.50. The number of hydrogen-bond donors (Lipinski definition) is 1. The van der Waals surface area contributed by atoms with Gasteiger partial charge in [-0.2, -0.15) is 0 Å². The molecule has 0 aromatic carbocycles. The Morgan fingerprint density at radius 3 is 2.71 bits per heavy atom. The van der Waals surface area contributed by atoms with Crippen LogP contribution in [0.15, 0.2) is 23.9 Å². The number of rotatable bonds is 6. The highest BCUT2D eigenvalue weighted by molar-refractivity contribution is 6.74. The van der Waals surface area contributed by atoms with Gasteiger partial charge in [-0.3, -0.25) is 4.79 Å². The van der Waals surface area contributed by atoms with Gasteiger partial charge in [0.25, 0.3) is 0 Å². The molecule has 28 heavy (non-hydrogen) atoms. The Labute approximate surface area is 169 Å². The summed E-state index contributed by atoms with van der Waals surface area (Å²) in [6.45, 7) is 18.3. The zero-order valence-electron chi connectivity index (χ0n) is 18.0. The minimum absolute atomic E-state index is 0.00986. The van der Waals surface area contributed by atoms with Gasteiger partial charge in [0.05, 0.1) is 18.1 Å². The number of nitrogens with one attached hydrogen (secondary N) is 1. The van der Waals surface area contributed by atoms with Crippen LogP contribution < -0.4 is 5.32 Å². The van der Waals surface area contributed by atoms with Gasteiger partial charge in [-0.1, -0.05) is 33.4 Å². The predicted molar refractivity (Wildman–Crippen MR) is 111 cm³/mol. The Kier molecular flexibility index (Phi) is 5.64. The summed E-state index contributed by atoms with van der Waals surface area (Å²) < 4.78 is 11.8. The van der Waals surface area contributed by atoms with Crippen molar-refractivity contribution in [2.75, 3.05) is 19.7 Å². The van der Waals surface area contributed by atoms with Gasteiger partial charge < -0.3 is 19.4 Å². The number of hydrogen-bond acceptors (Lipinski definition) is 5. The van der Waals surface area contributed by atoms with E-state index in [9.17, 15) is 9.59 Å². The number of carbonyl (C=O) groups excluding carboxylic acids is 2. The molecule has 3 heterocycles. The molecule has 0 unspecified atom stereocenters. The zero-order valence-corrected chi connectivity index (χ0v) is 19.0. The molecule has 3 aliphatic heterocycles. The third-order valence-electron chi connectivity index (χ3n) is 6.86. The van der Waals surface area contributed by atoms with Crippen molar-refractivity contribution < 1.29 is 18.8 Å². The highest BCUT2D eigenvalue weighted by Gasteiger charge is 2.62. The molecule has 0 aromatic rings. The molecule has 3 rings (SSSR count). The Bertz CT molecular complexity index is 710. The number of carbonyl (C=O) groups is 2. The fraction of sp³-hybridized carbons (Fsp3) is 0.714. The molecule has 0 bridgehead atoms. The van der Waals surface area contributed by atoms with Crippen LogP contribution >= 0.6 is 0 Å². The van der Waals surface area contributed by atoms with Gasteiger partial charge in [-0.05, 0) is 43.6 Å². The maximum atomic E-state index is 13.1. The maximum Gasteiger partial charge on any atom is 0.355 e. The summed E-state index contributed by atoms with van der Waals surface area (Å²) in [6, 6.07) is 0.00986. The third kappa shape index (κ3) is 3.37. The topological polar surface area (TPSA) is 67.9 Å². The van der Waals surface area contributed by atoms with E-state index in [1.165, 1.54) is 0 Å². The van der Waals surface area contributed by atoms with Crippen molar-refractivity contribution in [3.05, 3.63) is 23.9 Å². The van der Waals surface area contributed by atoms with Gasteiger partial charge in [0.1, 0.15) is 12.3 Å². The van der Waals surface area contributed by atoms with Crippen molar-refractivity contribution >= 4 is 20.2 Å². The van der Waals surface area contributed by atoms with Crippen LogP contribution in [0.5, 0.6) is 0 Å². The van der Waals surface area contributed by atoms with E-state index >= 15 is 0 Å². The molecular formula is C21H34N2O4Si. The predicted octanol–water partition coefficient (Wildman–Crippen LogP) is 2.83. The molecule has 0 aromatic heterocycles. The fourth-order valence-electron chi connectivity index (χ4n) is 4.42. The van der Waals surface area contributed by atoms with E-state index < -0.39 is 14.3 Å². The monoisotopic (exact) mass is 406 g/mol. The minimum atomic E-state index is -1.99. The minimum Gasteiger partial charge on any atom is -0.457 e. The standard InChI is InChI=1S/C21H34N2O4Si/c1-8-11-26-20(25)18-15-12-22-10-9-14(15)17-16(19(24)23(17)18)13(2)27-28(6,7)21(3,4)5/h8,13-14,16-17,22H,1,9-12H2,2-7H3/t13-,14+,16-,17-/m1/s1. The first-order chi connectivity index (χ1) is 13.0. The number of esters is 1. The summed E-state index contributed by atoms with van der Waals surface area (Å²) in [5.41, 5.74) is 1.46. The second-order valence-corrected chi connectivity index (χ2v) is 14.4. The largest absolute Gasteiger partial charge is 0.457 e. The molecule has 0 saturated carbocycles. The van der Waals surface area contributed by atoms with E-state index in [0.717, 1.165) is 18.5 Å². The zero-order chi connectivity index (χ0) is 20.9. The molecule has 0 spiro atoms. The fourth-order valence-corrected chi connectivity index (χ4v) is 5.85. The molecule has 0 aliphatic carbocycles. The van der Waals surface area contributed by atoms with E-state index in [1.54, 1.807) is 11.0 Å². The summed E-state index contributed by atoms with van der Waals surface area (Å²) in [5, 5.41) is 3.42. The van der Waals surface area contributed by atoms with Gasteiger partial charge in [0.2, 0.25) is 5.91 Å². The maximum absolute atomic E-state index is 13.1. The van der Waals surface area contributed by atoms with Gasteiger partial charge in [-0.15, -0.1) is 0 Å². The SMILES string of the molecule is C=CCOC(=O)C1=C2CNCC[C@@H]2[C@@H]2[C@@H]([C@@H](C)O[Si](C)(C)C(C)(C)C)C(=O)N12. The van der Waals surface area contributed by atoms with Crippen LogP contribution in [0.25, 0.3) is 0 Å². The third-order valence-corrected chi connectivity index (χ3v) is 11.4. The van der Waals surface area contributed by atoms with Crippen LogP contribution in [0.4, 0.5) is 0 Å². The van der Waals surface area contributed by atoms with Crippen LogP contribution in [0.3, 0.4) is 0 Å². The van der Waals surface area contributed by atoms with Crippen molar-refractivity contribution in [1.82, 2.24) is 10.2 Å². The van der Waals surface area contributed by atoms with E-state index in [-0.39, 0.29) is 41.5 Å². The van der Waals surface area contributed by atoms with Crippen LogP contribution in [0.1, 0.15) is 34.1 Å². The molecule has 4 atom stereocenters. The first-order valence-corrected chi connectivity index (χ1v) is 13.1. The molecule has 2 fully saturated rings. The molecule has 1 N–H and O–H groups in total. The summed E-state index contributed by atoms with van der Waals surface area (Å²) in [6.07, 6.45) is 2.31. The Hall–Kier alpha value is -1.44. The van der Waals surface area contributed by atoms with Crippen molar-refractivity contribution in [2.24, 2.45) is 11.8 Å².